The second-order valence-electron chi connectivity index (χ2n) is 15.4. The number of nitriles is 1. The lowest BCUT2D eigenvalue weighted by Crippen LogP contribution is -2.51. The highest BCUT2D eigenvalue weighted by molar-refractivity contribution is 7.80. The van der Waals surface area contributed by atoms with Gasteiger partial charge >= 0.3 is 6.18 Å². The fraction of sp³-hybridized carbons (Fsp3) is 0.553. The van der Waals surface area contributed by atoms with E-state index < -0.39 is 65.1 Å². The van der Waals surface area contributed by atoms with Crippen LogP contribution in [0.15, 0.2) is 36.5 Å². The molecule has 2 atom stereocenters. The summed E-state index contributed by atoms with van der Waals surface area (Å²) in [6, 6.07) is 7.97. The van der Waals surface area contributed by atoms with Gasteiger partial charge in [0.1, 0.15) is 17.6 Å². The average Bonchev–Trinajstić information content (AvgIpc) is 3.31. The van der Waals surface area contributed by atoms with Gasteiger partial charge in [0.25, 0.3) is 11.8 Å². The summed E-state index contributed by atoms with van der Waals surface area (Å²) < 4.78 is 77.7. The molecule has 306 valence electrons. The van der Waals surface area contributed by atoms with Gasteiger partial charge in [0.05, 0.1) is 36.6 Å². The Bertz CT molecular complexity index is 1950. The lowest BCUT2D eigenvalue weighted by atomic mass is 9.88. The van der Waals surface area contributed by atoms with E-state index in [-0.39, 0.29) is 61.3 Å². The number of rotatable bonds is 11. The Balaban J connectivity index is 0.945. The number of anilines is 3. The van der Waals surface area contributed by atoms with E-state index in [4.69, 9.17) is 22.2 Å². The molecule has 0 bridgehead atoms. The number of nitrogens with one attached hydrogen (secondary N) is 3. The lowest BCUT2D eigenvalue weighted by molar-refractivity contribution is -0.138. The van der Waals surface area contributed by atoms with E-state index >= 15 is 8.78 Å². The molecule has 4 heterocycles. The van der Waals surface area contributed by atoms with Gasteiger partial charge in [0.15, 0.2) is 10.8 Å². The van der Waals surface area contributed by atoms with Crippen LogP contribution >= 0.6 is 12.2 Å². The number of amides is 4. The summed E-state index contributed by atoms with van der Waals surface area (Å²) in [5.74, 6) is -5.73. The molecule has 3 saturated heterocycles. The Kier molecular flexibility index (Phi) is 12.2. The summed E-state index contributed by atoms with van der Waals surface area (Å²) in [6.45, 7) is 2.90. The van der Waals surface area contributed by atoms with Crippen LogP contribution in [0.1, 0.15) is 76.5 Å². The molecule has 1 aromatic carbocycles. The van der Waals surface area contributed by atoms with Gasteiger partial charge in [-0.3, -0.25) is 34.3 Å². The molecule has 4 fully saturated rings. The number of carbonyl (C=O) groups excluding carboxylic acids is 4. The third-order valence-electron chi connectivity index (χ3n) is 11.0. The summed E-state index contributed by atoms with van der Waals surface area (Å²) in [5.41, 5.74) is -2.45. The number of pyridine rings is 1. The smallest absolute Gasteiger partial charge is 0.378 e. The van der Waals surface area contributed by atoms with Crippen LogP contribution in [0.5, 0.6) is 0 Å². The highest BCUT2D eigenvalue weighted by Crippen LogP contribution is 2.41. The van der Waals surface area contributed by atoms with Gasteiger partial charge in [-0.1, -0.05) is 6.07 Å². The molecule has 4 aliphatic rings. The number of hydrogen-bond acceptors (Lipinski definition) is 10. The number of hydrogen-bond donors (Lipinski definition) is 3. The molecule has 13 nitrogen and oxygen atoms in total. The second kappa shape index (κ2) is 16.6. The fourth-order valence-corrected chi connectivity index (χ4v) is 8.61. The molecule has 57 heavy (non-hydrogen) atoms. The molecule has 4 amide bonds. The molecule has 1 aliphatic carbocycles. The van der Waals surface area contributed by atoms with Crippen LogP contribution < -0.4 is 20.9 Å². The van der Waals surface area contributed by atoms with Crippen LogP contribution in [0.4, 0.5) is 39.0 Å². The van der Waals surface area contributed by atoms with Crippen molar-refractivity contribution in [2.24, 2.45) is 5.92 Å². The van der Waals surface area contributed by atoms with Crippen LogP contribution in [0.2, 0.25) is 0 Å². The molecule has 3 aliphatic heterocycles. The van der Waals surface area contributed by atoms with Crippen LogP contribution in [0.3, 0.4) is 0 Å². The first-order valence-electron chi connectivity index (χ1n) is 18.7. The van der Waals surface area contributed by atoms with E-state index in [0.717, 1.165) is 11.1 Å². The summed E-state index contributed by atoms with van der Waals surface area (Å²) in [4.78, 5) is 57.7. The van der Waals surface area contributed by atoms with E-state index in [2.05, 4.69) is 20.9 Å². The molecule has 2 unspecified atom stereocenters. The maximum absolute atomic E-state index is 15.3. The highest BCUT2D eigenvalue weighted by atomic mass is 32.1. The van der Waals surface area contributed by atoms with Crippen molar-refractivity contribution in [2.75, 3.05) is 41.8 Å². The van der Waals surface area contributed by atoms with Gasteiger partial charge in [0, 0.05) is 36.4 Å². The lowest BCUT2D eigenvalue weighted by Gasteiger charge is -2.41. The van der Waals surface area contributed by atoms with Crippen LogP contribution in [-0.4, -0.2) is 99.4 Å². The van der Waals surface area contributed by atoms with Crippen molar-refractivity contribution in [1.29, 1.82) is 5.26 Å². The van der Waals surface area contributed by atoms with E-state index in [1.54, 1.807) is 43.0 Å². The zero-order valence-corrected chi connectivity index (χ0v) is 32.2. The number of thiocarbonyl (C=S) groups is 1. The number of likely N-dealkylation sites (tertiary alicyclic amines) is 1. The summed E-state index contributed by atoms with van der Waals surface area (Å²) >= 11 is 5.65. The van der Waals surface area contributed by atoms with Crippen molar-refractivity contribution in [3.63, 3.8) is 0 Å². The van der Waals surface area contributed by atoms with Crippen molar-refractivity contribution < 1.29 is 45.9 Å². The van der Waals surface area contributed by atoms with Gasteiger partial charge in [-0.2, -0.15) is 18.4 Å². The van der Waals surface area contributed by atoms with Crippen LogP contribution in [0.25, 0.3) is 0 Å². The topological polar surface area (TPSA) is 160 Å². The molecular formula is C38H43F5N8O5S. The number of piperidine rings is 2. The predicted molar refractivity (Wildman–Crippen MR) is 201 cm³/mol. The number of aromatic nitrogens is 1. The summed E-state index contributed by atoms with van der Waals surface area (Å²) in [7, 11) is 0. The first-order valence-corrected chi connectivity index (χ1v) is 19.2. The third-order valence-corrected chi connectivity index (χ3v) is 11.4. The minimum atomic E-state index is -4.87. The molecule has 19 heteroatoms. The average molecular weight is 819 g/mol. The van der Waals surface area contributed by atoms with Gasteiger partial charge < -0.3 is 20.3 Å². The van der Waals surface area contributed by atoms with Crippen LogP contribution in [-0.2, 0) is 30.1 Å². The molecule has 3 N–H and O–H groups in total. The molecule has 0 spiro atoms. The summed E-state index contributed by atoms with van der Waals surface area (Å²) in [5, 5.41) is 17.2. The Morgan fingerprint density at radius 1 is 1.09 bits per heavy atom. The molecule has 1 aromatic heterocycles. The second-order valence-corrected chi connectivity index (χ2v) is 15.7. The molecule has 0 radical (unpaired) electrons. The maximum atomic E-state index is 15.3. The van der Waals surface area contributed by atoms with E-state index in [1.807, 2.05) is 0 Å². The maximum Gasteiger partial charge on any atom is 0.419 e. The number of nitrogens with zero attached hydrogens (tertiary/aromatic N) is 5. The standard InChI is InChI=1S/C38H43F5N8O5S/c1-36(2)34(55)50(26-17-28(38(41,42)43)30(18-44)45-19-26)35(57)51(36)25-6-8-27(9-7-25)56-15-13-22-12-14-49(21-37(22,39)40)20-32(53)47-24-5-3-4-23(16-24)46-29-10-11-31(52)48-33(29)54/h3-5,16-17,19,22,25,27,29,46H,6-15,20-21H2,1-2H3,(H,47,53)(H,48,52,54)/t22?,25-,27-,29?. The van der Waals surface area contributed by atoms with Gasteiger partial charge in [-0.25, -0.2) is 13.8 Å². The number of carbonyl (C=O) groups is 4. The molecule has 1 saturated carbocycles. The number of benzene rings is 1. The molecule has 6 rings (SSSR count). The van der Waals surface area contributed by atoms with Crippen LogP contribution in [0, 0.1) is 17.2 Å². The first-order chi connectivity index (χ1) is 26.9. The minimum absolute atomic E-state index is 0.0357. The SMILES string of the molecule is CC1(C)C(=O)N(c2cnc(C#N)c(C(F)(F)F)c2)C(=S)N1[C@H]1CC[C@H](OCCC2CCN(CC(=O)Nc3cccc(NC4CCC(=O)NC4=O)c3)CC2(F)F)CC1. The Morgan fingerprint density at radius 3 is 2.47 bits per heavy atom. The van der Waals surface area contributed by atoms with Crippen molar-refractivity contribution in [3.05, 3.63) is 47.8 Å². The minimum Gasteiger partial charge on any atom is -0.378 e. The normalized spacial score (nSPS) is 25.2. The quantitative estimate of drug-likeness (QED) is 0.155. The van der Waals surface area contributed by atoms with Crippen molar-refractivity contribution >= 4 is 58.0 Å². The number of alkyl halides is 5. The van der Waals surface area contributed by atoms with E-state index in [9.17, 15) is 32.3 Å². The summed E-state index contributed by atoms with van der Waals surface area (Å²) in [6.07, 6.45) is -0.983. The van der Waals surface area contributed by atoms with Gasteiger partial charge in [-0.05, 0) is 102 Å². The van der Waals surface area contributed by atoms with Crippen molar-refractivity contribution in [3.8, 4) is 6.07 Å². The highest BCUT2D eigenvalue weighted by Gasteiger charge is 2.53. The third kappa shape index (κ3) is 9.34. The molecular weight excluding hydrogens is 776 g/mol. The Morgan fingerprint density at radius 2 is 1.81 bits per heavy atom. The van der Waals surface area contributed by atoms with Gasteiger partial charge in [0.2, 0.25) is 17.7 Å². The fourth-order valence-electron chi connectivity index (χ4n) is 8.05. The number of halogens is 5. The zero-order chi connectivity index (χ0) is 41.3. The largest absolute Gasteiger partial charge is 0.419 e. The predicted octanol–water partition coefficient (Wildman–Crippen LogP) is 5.22. The Hall–Kier alpha value is -4.80. The van der Waals surface area contributed by atoms with E-state index in [0.29, 0.717) is 56.1 Å². The zero-order valence-electron chi connectivity index (χ0n) is 31.3. The molecule has 2 aromatic rings. The van der Waals surface area contributed by atoms with E-state index in [1.165, 1.54) is 11.0 Å². The monoisotopic (exact) mass is 818 g/mol. The van der Waals surface area contributed by atoms with Gasteiger partial charge in [-0.15, -0.1) is 0 Å². The number of imide groups is 1. The first kappa shape index (κ1) is 41.8. The number of ether oxygens (including phenoxy) is 1. The van der Waals surface area contributed by atoms with Crippen molar-refractivity contribution in [1.82, 2.24) is 20.1 Å². The Labute approximate surface area is 331 Å². The van der Waals surface area contributed by atoms with Crippen molar-refractivity contribution in [2.45, 2.75) is 101 Å².